The molecule has 1 aromatic carbocycles. The van der Waals surface area contributed by atoms with E-state index in [4.69, 9.17) is 5.11 Å². The minimum Gasteiger partial charge on any atom is -0.434 e. The number of nitrogens with one attached hydrogen (secondary N) is 1. The van der Waals surface area contributed by atoms with Crippen molar-refractivity contribution in [3.05, 3.63) is 29.8 Å². The van der Waals surface area contributed by atoms with Crippen LogP contribution in [0, 0.1) is 5.92 Å². The Morgan fingerprint density at radius 1 is 1.33 bits per heavy atom. The van der Waals surface area contributed by atoms with Gasteiger partial charge in [-0.15, -0.1) is 0 Å². The number of hydrogen-bond acceptors (Lipinski definition) is 3. The summed E-state index contributed by atoms with van der Waals surface area (Å²) < 4.78 is 28.8. The largest absolute Gasteiger partial charge is 0.434 e. The molecular formula is C13H17F2NO2. The fourth-order valence-corrected chi connectivity index (χ4v) is 2.14. The van der Waals surface area contributed by atoms with Crippen LogP contribution < -0.4 is 10.1 Å². The molecule has 1 fully saturated rings. The van der Waals surface area contributed by atoms with Crippen LogP contribution in [-0.2, 0) is 6.54 Å². The van der Waals surface area contributed by atoms with Crippen molar-refractivity contribution in [3.63, 3.8) is 0 Å². The molecule has 0 heterocycles. The second kappa shape index (κ2) is 6.11. The van der Waals surface area contributed by atoms with Crippen molar-refractivity contribution >= 4 is 0 Å². The summed E-state index contributed by atoms with van der Waals surface area (Å²) in [6.45, 7) is -1.51. The molecule has 1 aliphatic carbocycles. The predicted octanol–water partition coefficient (Wildman–Crippen LogP) is 2.15. The number of benzene rings is 1. The lowest BCUT2D eigenvalue weighted by molar-refractivity contribution is -0.0505. The Morgan fingerprint density at radius 3 is 2.72 bits per heavy atom. The Kier molecular flexibility index (Phi) is 4.49. The molecule has 5 heteroatoms. The Morgan fingerprint density at radius 2 is 2.06 bits per heavy atom. The van der Waals surface area contributed by atoms with Crippen molar-refractivity contribution in [2.75, 3.05) is 6.54 Å². The first-order valence-corrected chi connectivity index (χ1v) is 6.06. The van der Waals surface area contributed by atoms with Crippen LogP contribution in [0.2, 0.25) is 0 Å². The molecule has 0 spiro atoms. The first kappa shape index (κ1) is 13.2. The highest BCUT2D eigenvalue weighted by Crippen LogP contribution is 2.26. The summed E-state index contributed by atoms with van der Waals surface area (Å²) >= 11 is 0. The van der Waals surface area contributed by atoms with Crippen molar-refractivity contribution in [2.45, 2.75) is 32.1 Å². The van der Waals surface area contributed by atoms with Gasteiger partial charge in [-0.25, -0.2) is 0 Å². The lowest BCUT2D eigenvalue weighted by Crippen LogP contribution is -2.35. The summed E-state index contributed by atoms with van der Waals surface area (Å²) in [5.41, 5.74) is 0.720. The summed E-state index contributed by atoms with van der Waals surface area (Å²) in [6, 6.07) is 6.77. The van der Waals surface area contributed by atoms with E-state index in [2.05, 4.69) is 10.1 Å². The molecule has 1 aromatic rings. The van der Waals surface area contributed by atoms with Gasteiger partial charge in [-0.2, -0.15) is 8.78 Å². The van der Waals surface area contributed by atoms with Gasteiger partial charge in [-0.05, 0) is 31.4 Å². The number of aliphatic hydroxyl groups is 1. The van der Waals surface area contributed by atoms with Gasteiger partial charge in [0.1, 0.15) is 5.75 Å². The maximum Gasteiger partial charge on any atom is 0.387 e. The quantitative estimate of drug-likeness (QED) is 0.820. The molecule has 2 rings (SSSR count). The highest BCUT2D eigenvalue weighted by molar-refractivity contribution is 5.33. The molecule has 0 aromatic heterocycles. The number of rotatable bonds is 6. The molecule has 1 saturated carbocycles. The Hall–Kier alpha value is -1.20. The average molecular weight is 257 g/mol. The normalized spacial score (nSPS) is 22.9. The summed E-state index contributed by atoms with van der Waals surface area (Å²) in [6.07, 6.45) is 1.48. The summed E-state index contributed by atoms with van der Waals surface area (Å²) in [7, 11) is 0. The van der Waals surface area contributed by atoms with Gasteiger partial charge in [-0.1, -0.05) is 18.2 Å². The fourth-order valence-electron chi connectivity index (χ4n) is 2.14. The van der Waals surface area contributed by atoms with Crippen molar-refractivity contribution in [2.24, 2.45) is 5.92 Å². The summed E-state index contributed by atoms with van der Waals surface area (Å²) in [5.74, 6) is 0.705. The van der Waals surface area contributed by atoms with Crippen LogP contribution in [0.4, 0.5) is 8.78 Å². The van der Waals surface area contributed by atoms with E-state index in [1.54, 1.807) is 18.2 Å². The molecule has 0 saturated heterocycles. The van der Waals surface area contributed by atoms with Crippen molar-refractivity contribution in [1.82, 2.24) is 5.32 Å². The lowest BCUT2D eigenvalue weighted by atomic mass is 9.82. The van der Waals surface area contributed by atoms with E-state index in [1.165, 1.54) is 6.07 Å². The Balaban J connectivity index is 1.80. The third kappa shape index (κ3) is 3.65. The van der Waals surface area contributed by atoms with Gasteiger partial charge in [-0.3, -0.25) is 0 Å². The van der Waals surface area contributed by atoms with Crippen LogP contribution >= 0.6 is 0 Å². The second-order valence-electron chi connectivity index (χ2n) is 4.61. The van der Waals surface area contributed by atoms with Gasteiger partial charge in [0.25, 0.3) is 0 Å². The molecule has 0 amide bonds. The maximum absolute atomic E-state index is 12.2. The monoisotopic (exact) mass is 257 g/mol. The van der Waals surface area contributed by atoms with E-state index >= 15 is 0 Å². The van der Waals surface area contributed by atoms with Crippen LogP contribution in [0.1, 0.15) is 18.4 Å². The maximum atomic E-state index is 12.2. The lowest BCUT2D eigenvalue weighted by Gasteiger charge is -2.31. The topological polar surface area (TPSA) is 41.5 Å². The van der Waals surface area contributed by atoms with Crippen molar-refractivity contribution in [1.29, 1.82) is 0 Å². The molecule has 0 atom stereocenters. The Labute approximate surface area is 105 Å². The predicted molar refractivity (Wildman–Crippen MR) is 63.5 cm³/mol. The van der Waals surface area contributed by atoms with E-state index in [-0.39, 0.29) is 11.9 Å². The zero-order valence-corrected chi connectivity index (χ0v) is 9.98. The molecule has 100 valence electrons. The smallest absolute Gasteiger partial charge is 0.387 e. The minimum atomic E-state index is -2.80. The number of alkyl halides is 2. The number of para-hydroxylation sites is 1. The van der Waals surface area contributed by atoms with Gasteiger partial charge in [0.15, 0.2) is 0 Å². The second-order valence-corrected chi connectivity index (χ2v) is 4.61. The highest BCUT2D eigenvalue weighted by atomic mass is 19.3. The number of ether oxygens (including phenoxy) is 1. The van der Waals surface area contributed by atoms with Crippen LogP contribution in [-0.4, -0.2) is 24.4 Å². The van der Waals surface area contributed by atoms with Crippen LogP contribution in [0.25, 0.3) is 0 Å². The molecule has 0 unspecified atom stereocenters. The number of hydrogen-bond donors (Lipinski definition) is 2. The zero-order valence-electron chi connectivity index (χ0n) is 9.98. The standard InChI is InChI=1S/C13H17F2NO2/c14-13(15)18-12-4-2-1-3-10(12)8-16-7-9-5-11(17)6-9/h1-4,9,11,13,16-17H,5-8H2. The first-order chi connectivity index (χ1) is 8.65. The third-order valence-corrected chi connectivity index (χ3v) is 3.15. The molecule has 0 aliphatic heterocycles. The van der Waals surface area contributed by atoms with E-state index < -0.39 is 6.61 Å². The van der Waals surface area contributed by atoms with Gasteiger partial charge in [0.05, 0.1) is 6.10 Å². The van der Waals surface area contributed by atoms with Gasteiger partial charge in [0.2, 0.25) is 0 Å². The molecular weight excluding hydrogens is 240 g/mol. The molecule has 1 aliphatic rings. The average Bonchev–Trinajstić information content (AvgIpc) is 2.28. The molecule has 3 nitrogen and oxygen atoms in total. The molecule has 0 radical (unpaired) electrons. The molecule has 0 bridgehead atoms. The minimum absolute atomic E-state index is 0.161. The van der Waals surface area contributed by atoms with Crippen molar-refractivity contribution < 1.29 is 18.6 Å². The van der Waals surface area contributed by atoms with Gasteiger partial charge < -0.3 is 15.2 Å². The third-order valence-electron chi connectivity index (χ3n) is 3.15. The summed E-state index contributed by atoms with van der Waals surface area (Å²) in [4.78, 5) is 0. The Bertz CT molecular complexity index is 381. The molecule has 18 heavy (non-hydrogen) atoms. The fraction of sp³-hybridized carbons (Fsp3) is 0.538. The van der Waals surface area contributed by atoms with Crippen LogP contribution in [0.3, 0.4) is 0 Å². The number of aliphatic hydroxyl groups excluding tert-OH is 1. The van der Waals surface area contributed by atoms with E-state index in [9.17, 15) is 8.78 Å². The zero-order chi connectivity index (χ0) is 13.0. The first-order valence-electron chi connectivity index (χ1n) is 6.06. The van der Waals surface area contributed by atoms with Crippen LogP contribution in [0.5, 0.6) is 5.75 Å². The summed E-state index contributed by atoms with van der Waals surface area (Å²) in [5, 5.41) is 12.3. The van der Waals surface area contributed by atoms with E-state index in [0.29, 0.717) is 12.5 Å². The number of halogens is 2. The van der Waals surface area contributed by atoms with Gasteiger partial charge in [0, 0.05) is 12.1 Å². The SMILES string of the molecule is OC1CC(CNCc2ccccc2OC(F)F)C1. The molecule has 2 N–H and O–H groups in total. The highest BCUT2D eigenvalue weighted by Gasteiger charge is 2.26. The van der Waals surface area contributed by atoms with E-state index in [0.717, 1.165) is 24.9 Å². The van der Waals surface area contributed by atoms with Crippen LogP contribution in [0.15, 0.2) is 24.3 Å². The van der Waals surface area contributed by atoms with Gasteiger partial charge >= 0.3 is 6.61 Å². The van der Waals surface area contributed by atoms with E-state index in [1.807, 2.05) is 0 Å². The van der Waals surface area contributed by atoms with Crippen molar-refractivity contribution in [3.8, 4) is 5.75 Å².